The fourth-order valence-corrected chi connectivity index (χ4v) is 2.28. The van der Waals surface area contributed by atoms with Crippen LogP contribution in [0.25, 0.3) is 27.7 Å². The number of ether oxygens (including phenoxy) is 1. The Kier molecular flexibility index (Phi) is 1.97. The van der Waals surface area contributed by atoms with Crippen molar-refractivity contribution in [1.82, 2.24) is 19.6 Å². The highest BCUT2D eigenvalue weighted by Gasteiger charge is 2.10. The molecule has 0 radical (unpaired) electrons. The summed E-state index contributed by atoms with van der Waals surface area (Å²) >= 11 is 0. The minimum absolute atomic E-state index is 0.768. The lowest BCUT2D eigenvalue weighted by atomic mass is 10.2. The number of pyridine rings is 1. The third kappa shape index (κ3) is 1.38. The second kappa shape index (κ2) is 3.65. The zero-order valence-corrected chi connectivity index (χ0v) is 10.2. The summed E-state index contributed by atoms with van der Waals surface area (Å²) in [6.07, 6.45) is 1.94. The molecular weight excluding hydrogens is 240 g/mol. The van der Waals surface area contributed by atoms with Crippen molar-refractivity contribution in [3.8, 4) is 5.75 Å². The molecule has 4 aromatic rings. The Balaban J connectivity index is 2.19. The second-order valence-corrected chi connectivity index (χ2v) is 4.30. The van der Waals surface area contributed by atoms with Gasteiger partial charge in [0.1, 0.15) is 16.9 Å². The summed E-state index contributed by atoms with van der Waals surface area (Å²) in [4.78, 5) is 4.62. The first-order valence-electron chi connectivity index (χ1n) is 5.94. The fraction of sp³-hybridized carbons (Fsp3) is 0.0714. The molecule has 5 nitrogen and oxygen atoms in total. The minimum Gasteiger partial charge on any atom is -0.497 e. The van der Waals surface area contributed by atoms with Crippen LogP contribution in [0.4, 0.5) is 0 Å². The van der Waals surface area contributed by atoms with Crippen LogP contribution in [-0.4, -0.2) is 26.7 Å². The highest BCUT2D eigenvalue weighted by atomic mass is 16.5. The summed E-state index contributed by atoms with van der Waals surface area (Å²) in [6.45, 7) is 0. The van der Waals surface area contributed by atoms with E-state index in [0.717, 1.165) is 33.5 Å². The van der Waals surface area contributed by atoms with Crippen molar-refractivity contribution in [2.24, 2.45) is 0 Å². The van der Waals surface area contributed by atoms with Gasteiger partial charge >= 0.3 is 0 Å². The molecule has 0 bridgehead atoms. The van der Waals surface area contributed by atoms with Crippen molar-refractivity contribution in [3.63, 3.8) is 0 Å². The van der Waals surface area contributed by atoms with E-state index < -0.39 is 0 Å². The van der Waals surface area contributed by atoms with E-state index in [-0.39, 0.29) is 0 Å². The maximum absolute atomic E-state index is 5.20. The summed E-state index contributed by atoms with van der Waals surface area (Å²) < 4.78 is 7.14. The fourth-order valence-electron chi connectivity index (χ4n) is 2.28. The van der Waals surface area contributed by atoms with Crippen LogP contribution in [0.15, 0.2) is 42.6 Å². The molecule has 0 aliphatic rings. The Morgan fingerprint density at radius 1 is 1.11 bits per heavy atom. The lowest BCUT2D eigenvalue weighted by Crippen LogP contribution is -1.90. The molecule has 0 saturated carbocycles. The number of rotatable bonds is 1. The molecule has 0 aliphatic carbocycles. The predicted molar refractivity (Wildman–Crippen MR) is 72.3 cm³/mol. The van der Waals surface area contributed by atoms with Crippen LogP contribution in [0.1, 0.15) is 0 Å². The molecule has 0 unspecified atom stereocenters. The van der Waals surface area contributed by atoms with E-state index in [1.807, 2.05) is 47.0 Å². The van der Waals surface area contributed by atoms with Gasteiger partial charge in [-0.15, -0.1) is 10.2 Å². The number of hydrogen-bond acceptors (Lipinski definition) is 4. The Morgan fingerprint density at radius 2 is 2.05 bits per heavy atom. The van der Waals surface area contributed by atoms with Gasteiger partial charge in [-0.25, -0.2) is 4.98 Å². The Hall–Kier alpha value is -2.69. The van der Waals surface area contributed by atoms with Crippen LogP contribution in [0.3, 0.4) is 0 Å². The van der Waals surface area contributed by atoms with Crippen LogP contribution in [0, 0.1) is 0 Å². The van der Waals surface area contributed by atoms with Crippen LogP contribution in [-0.2, 0) is 0 Å². The lowest BCUT2D eigenvalue weighted by molar-refractivity contribution is 0.415. The number of nitrogens with zero attached hydrogens (tertiary/aromatic N) is 4. The van der Waals surface area contributed by atoms with E-state index in [2.05, 4.69) is 15.2 Å². The molecule has 0 spiro atoms. The molecule has 0 N–H and O–H groups in total. The maximum atomic E-state index is 5.20. The van der Waals surface area contributed by atoms with Crippen molar-refractivity contribution in [3.05, 3.63) is 42.6 Å². The molecule has 0 amide bonds. The van der Waals surface area contributed by atoms with Crippen LogP contribution in [0.2, 0.25) is 0 Å². The number of methoxy groups -OCH3 is 1. The van der Waals surface area contributed by atoms with E-state index in [4.69, 9.17) is 4.74 Å². The number of benzene rings is 1. The highest BCUT2D eigenvalue weighted by Crippen LogP contribution is 2.25. The van der Waals surface area contributed by atoms with E-state index in [1.54, 1.807) is 7.11 Å². The summed E-state index contributed by atoms with van der Waals surface area (Å²) in [7, 11) is 1.64. The van der Waals surface area contributed by atoms with Gasteiger partial charge in [0.15, 0.2) is 5.65 Å². The van der Waals surface area contributed by atoms with Gasteiger partial charge in [-0.1, -0.05) is 6.07 Å². The zero-order valence-electron chi connectivity index (χ0n) is 10.2. The molecule has 1 aromatic carbocycles. The normalized spacial score (nSPS) is 11.4. The third-order valence-electron chi connectivity index (χ3n) is 3.22. The predicted octanol–water partition coefficient (Wildman–Crippen LogP) is 2.44. The van der Waals surface area contributed by atoms with E-state index in [1.165, 1.54) is 0 Å². The topological polar surface area (TPSA) is 52.3 Å². The van der Waals surface area contributed by atoms with Gasteiger partial charge < -0.3 is 4.74 Å². The Morgan fingerprint density at radius 3 is 2.95 bits per heavy atom. The van der Waals surface area contributed by atoms with Crippen molar-refractivity contribution < 1.29 is 4.74 Å². The maximum Gasteiger partial charge on any atom is 0.187 e. The minimum atomic E-state index is 0.768. The first kappa shape index (κ1) is 10.3. The Bertz CT molecular complexity index is 913. The summed E-state index contributed by atoms with van der Waals surface area (Å²) in [5.74, 6) is 0.768. The van der Waals surface area contributed by atoms with Crippen LogP contribution in [0.5, 0.6) is 5.75 Å². The van der Waals surface area contributed by atoms with Gasteiger partial charge in [0.05, 0.1) is 12.6 Å². The largest absolute Gasteiger partial charge is 0.497 e. The average Bonchev–Trinajstić information content (AvgIpc) is 2.85. The standard InChI is InChI=1S/C14H10N4O/c1-19-9-5-6-10-11(8-9)16-17-14-13(10)15-12-4-2-3-7-18(12)14/h2-8H,1H3. The quantitative estimate of drug-likeness (QED) is 0.520. The number of aromatic nitrogens is 4. The summed E-state index contributed by atoms with van der Waals surface area (Å²) in [5.41, 5.74) is 3.29. The van der Waals surface area contributed by atoms with Gasteiger partial charge in [-0.2, -0.15) is 0 Å². The molecule has 4 rings (SSSR count). The SMILES string of the molecule is COc1ccc2c(c1)nnc1c2nc2ccccn21. The number of imidazole rings is 1. The molecular formula is C14H10N4O. The molecule has 3 aromatic heterocycles. The third-order valence-corrected chi connectivity index (χ3v) is 3.22. The summed E-state index contributed by atoms with van der Waals surface area (Å²) in [6, 6.07) is 11.6. The first-order chi connectivity index (χ1) is 9.36. The average molecular weight is 250 g/mol. The van der Waals surface area contributed by atoms with Crippen molar-refractivity contribution in [1.29, 1.82) is 0 Å². The summed E-state index contributed by atoms with van der Waals surface area (Å²) in [5, 5.41) is 9.50. The lowest BCUT2D eigenvalue weighted by Gasteiger charge is -2.01. The molecule has 5 heteroatoms. The molecule has 0 saturated heterocycles. The van der Waals surface area contributed by atoms with Gasteiger partial charge in [0.25, 0.3) is 0 Å². The van der Waals surface area contributed by atoms with Gasteiger partial charge in [-0.05, 0) is 24.3 Å². The molecule has 92 valence electrons. The zero-order chi connectivity index (χ0) is 12.8. The van der Waals surface area contributed by atoms with Gasteiger partial charge in [0, 0.05) is 17.6 Å². The first-order valence-corrected chi connectivity index (χ1v) is 5.94. The van der Waals surface area contributed by atoms with Crippen molar-refractivity contribution >= 4 is 27.7 Å². The van der Waals surface area contributed by atoms with Crippen LogP contribution >= 0.6 is 0 Å². The highest BCUT2D eigenvalue weighted by molar-refractivity contribution is 6.01. The van der Waals surface area contributed by atoms with E-state index >= 15 is 0 Å². The van der Waals surface area contributed by atoms with Gasteiger partial charge in [-0.3, -0.25) is 4.40 Å². The second-order valence-electron chi connectivity index (χ2n) is 4.30. The van der Waals surface area contributed by atoms with Crippen molar-refractivity contribution in [2.75, 3.05) is 7.11 Å². The smallest absolute Gasteiger partial charge is 0.187 e. The van der Waals surface area contributed by atoms with E-state index in [0.29, 0.717) is 0 Å². The van der Waals surface area contributed by atoms with Crippen molar-refractivity contribution in [2.45, 2.75) is 0 Å². The Labute approximate surface area is 108 Å². The van der Waals surface area contributed by atoms with E-state index in [9.17, 15) is 0 Å². The molecule has 3 heterocycles. The van der Waals surface area contributed by atoms with Crippen LogP contribution < -0.4 is 4.74 Å². The number of hydrogen-bond donors (Lipinski definition) is 0. The molecule has 0 atom stereocenters. The molecule has 0 aliphatic heterocycles. The molecule has 19 heavy (non-hydrogen) atoms. The monoisotopic (exact) mass is 250 g/mol. The van der Waals surface area contributed by atoms with Gasteiger partial charge in [0.2, 0.25) is 0 Å². The molecule has 0 fully saturated rings. The number of fused-ring (bicyclic) bond motifs is 5.